The first-order valence-corrected chi connectivity index (χ1v) is 6.63. The second kappa shape index (κ2) is 6.37. The van der Waals surface area contributed by atoms with Crippen LogP contribution in [0.25, 0.3) is 0 Å². The maximum Gasteiger partial charge on any atom is 0.123 e. The van der Waals surface area contributed by atoms with Gasteiger partial charge in [0.05, 0.1) is 17.8 Å². The first-order valence-electron chi connectivity index (χ1n) is 5.68. The molecule has 0 saturated heterocycles. The lowest BCUT2D eigenvalue weighted by atomic mass is 10.2. The van der Waals surface area contributed by atoms with E-state index < -0.39 is 0 Å². The number of para-hydroxylation sites is 1. The third-order valence-electron chi connectivity index (χ3n) is 2.38. The molecule has 4 heteroatoms. The summed E-state index contributed by atoms with van der Waals surface area (Å²) in [4.78, 5) is 4.23. The second-order valence-corrected chi connectivity index (χ2v) is 4.34. The number of benzene rings is 1. The third kappa shape index (κ3) is 3.54. The highest BCUT2D eigenvalue weighted by atomic mass is 32.1. The summed E-state index contributed by atoms with van der Waals surface area (Å²) < 4.78 is 5.57. The number of ether oxygens (including phenoxy) is 1. The molecule has 1 aromatic heterocycles. The van der Waals surface area contributed by atoms with Gasteiger partial charge in [-0.1, -0.05) is 18.2 Å². The molecule has 0 bridgehead atoms. The SMILES string of the molecule is CCOc1ccccc1CNCc1cscn1. The predicted octanol–water partition coefficient (Wildman–Crippen LogP) is 2.83. The monoisotopic (exact) mass is 248 g/mol. The standard InChI is InChI=1S/C13H16N2OS/c1-2-16-13-6-4-3-5-11(13)7-14-8-12-9-17-10-15-12/h3-6,9-10,14H,2,7-8H2,1H3. The fourth-order valence-electron chi connectivity index (χ4n) is 1.60. The molecular formula is C13H16N2OS. The lowest BCUT2D eigenvalue weighted by Crippen LogP contribution is -2.13. The zero-order chi connectivity index (χ0) is 11.9. The van der Waals surface area contributed by atoms with Crippen molar-refractivity contribution in [2.24, 2.45) is 0 Å². The molecule has 0 aliphatic rings. The van der Waals surface area contributed by atoms with Crippen LogP contribution in [-0.2, 0) is 13.1 Å². The van der Waals surface area contributed by atoms with E-state index in [0.29, 0.717) is 6.61 Å². The van der Waals surface area contributed by atoms with Gasteiger partial charge in [-0.15, -0.1) is 11.3 Å². The number of rotatable bonds is 6. The Morgan fingerprint density at radius 3 is 2.94 bits per heavy atom. The zero-order valence-corrected chi connectivity index (χ0v) is 10.7. The topological polar surface area (TPSA) is 34.1 Å². The number of nitrogens with zero attached hydrogens (tertiary/aromatic N) is 1. The van der Waals surface area contributed by atoms with E-state index >= 15 is 0 Å². The van der Waals surface area contributed by atoms with Gasteiger partial charge in [-0.2, -0.15) is 0 Å². The fraction of sp³-hybridized carbons (Fsp3) is 0.308. The van der Waals surface area contributed by atoms with Crippen LogP contribution in [0.4, 0.5) is 0 Å². The lowest BCUT2D eigenvalue weighted by Gasteiger charge is -2.10. The Bertz CT molecular complexity index is 442. The molecule has 0 saturated carbocycles. The highest BCUT2D eigenvalue weighted by Gasteiger charge is 2.02. The van der Waals surface area contributed by atoms with Gasteiger partial charge in [-0.3, -0.25) is 0 Å². The average molecular weight is 248 g/mol. The van der Waals surface area contributed by atoms with Crippen molar-refractivity contribution in [3.8, 4) is 5.75 Å². The van der Waals surface area contributed by atoms with Crippen molar-refractivity contribution in [2.75, 3.05) is 6.61 Å². The van der Waals surface area contributed by atoms with Gasteiger partial charge >= 0.3 is 0 Å². The van der Waals surface area contributed by atoms with Crippen molar-refractivity contribution >= 4 is 11.3 Å². The summed E-state index contributed by atoms with van der Waals surface area (Å²) in [6.45, 7) is 4.29. The summed E-state index contributed by atoms with van der Waals surface area (Å²) in [5.74, 6) is 0.959. The third-order valence-corrected chi connectivity index (χ3v) is 3.01. The van der Waals surface area contributed by atoms with Crippen molar-refractivity contribution in [1.82, 2.24) is 10.3 Å². The van der Waals surface area contributed by atoms with Crippen molar-refractivity contribution in [3.05, 3.63) is 46.4 Å². The van der Waals surface area contributed by atoms with E-state index in [1.165, 1.54) is 5.56 Å². The summed E-state index contributed by atoms with van der Waals surface area (Å²) in [5, 5.41) is 5.42. The van der Waals surface area contributed by atoms with Crippen LogP contribution in [0.2, 0.25) is 0 Å². The average Bonchev–Trinajstić information content (AvgIpc) is 2.85. The van der Waals surface area contributed by atoms with Gasteiger partial charge in [0, 0.05) is 24.0 Å². The van der Waals surface area contributed by atoms with Crippen LogP contribution in [-0.4, -0.2) is 11.6 Å². The van der Waals surface area contributed by atoms with Crippen LogP contribution in [0.1, 0.15) is 18.2 Å². The molecule has 1 heterocycles. The van der Waals surface area contributed by atoms with Gasteiger partial charge in [0.1, 0.15) is 5.75 Å². The van der Waals surface area contributed by atoms with E-state index in [9.17, 15) is 0 Å². The second-order valence-electron chi connectivity index (χ2n) is 3.62. The summed E-state index contributed by atoms with van der Waals surface area (Å²) in [5.41, 5.74) is 4.12. The van der Waals surface area contributed by atoms with Crippen LogP contribution in [0.15, 0.2) is 35.2 Å². The fourth-order valence-corrected chi connectivity index (χ4v) is 2.15. The summed E-state index contributed by atoms with van der Waals surface area (Å²) in [6, 6.07) is 8.11. The van der Waals surface area contributed by atoms with E-state index in [-0.39, 0.29) is 0 Å². The molecule has 90 valence electrons. The number of aromatic nitrogens is 1. The van der Waals surface area contributed by atoms with Crippen LogP contribution >= 0.6 is 11.3 Å². The van der Waals surface area contributed by atoms with Gasteiger partial charge in [0.2, 0.25) is 0 Å². The molecule has 0 aliphatic heterocycles. The minimum atomic E-state index is 0.698. The van der Waals surface area contributed by atoms with E-state index in [4.69, 9.17) is 4.74 Å². The Morgan fingerprint density at radius 1 is 1.29 bits per heavy atom. The van der Waals surface area contributed by atoms with Gasteiger partial charge in [0.25, 0.3) is 0 Å². The minimum Gasteiger partial charge on any atom is -0.494 e. The Morgan fingerprint density at radius 2 is 2.18 bits per heavy atom. The van der Waals surface area contributed by atoms with Crippen molar-refractivity contribution in [2.45, 2.75) is 20.0 Å². The molecule has 0 radical (unpaired) electrons. The van der Waals surface area contributed by atoms with Gasteiger partial charge in [-0.05, 0) is 13.0 Å². The van der Waals surface area contributed by atoms with Crippen molar-refractivity contribution in [1.29, 1.82) is 0 Å². The minimum absolute atomic E-state index is 0.698. The Hall–Kier alpha value is -1.39. The first kappa shape index (κ1) is 12.1. The summed E-state index contributed by atoms with van der Waals surface area (Å²) in [6.07, 6.45) is 0. The van der Waals surface area contributed by atoms with Crippen molar-refractivity contribution in [3.63, 3.8) is 0 Å². The van der Waals surface area contributed by atoms with Crippen molar-refractivity contribution < 1.29 is 4.74 Å². The number of nitrogens with one attached hydrogen (secondary N) is 1. The first-order chi connectivity index (χ1) is 8.40. The number of hydrogen-bond acceptors (Lipinski definition) is 4. The Labute approximate surface area is 105 Å². The Balaban J connectivity index is 1.89. The highest BCUT2D eigenvalue weighted by Crippen LogP contribution is 2.17. The highest BCUT2D eigenvalue weighted by molar-refractivity contribution is 7.07. The molecule has 0 unspecified atom stereocenters. The molecule has 1 N–H and O–H groups in total. The summed E-state index contributed by atoms with van der Waals surface area (Å²) in [7, 11) is 0. The molecule has 1 aromatic carbocycles. The summed E-state index contributed by atoms with van der Waals surface area (Å²) >= 11 is 1.62. The lowest BCUT2D eigenvalue weighted by molar-refractivity contribution is 0.335. The van der Waals surface area contributed by atoms with Gasteiger partial charge in [0.15, 0.2) is 0 Å². The van der Waals surface area contributed by atoms with Crippen LogP contribution in [0.5, 0.6) is 5.75 Å². The largest absolute Gasteiger partial charge is 0.494 e. The van der Waals surface area contributed by atoms with Gasteiger partial charge in [-0.25, -0.2) is 4.98 Å². The molecule has 0 aliphatic carbocycles. The normalized spacial score (nSPS) is 10.4. The van der Waals surface area contributed by atoms with E-state index in [2.05, 4.69) is 21.7 Å². The maximum absolute atomic E-state index is 5.57. The molecule has 0 fully saturated rings. The number of hydrogen-bond donors (Lipinski definition) is 1. The molecule has 17 heavy (non-hydrogen) atoms. The smallest absolute Gasteiger partial charge is 0.123 e. The molecule has 0 atom stereocenters. The van der Waals surface area contributed by atoms with E-state index in [0.717, 1.165) is 24.5 Å². The molecule has 0 amide bonds. The quantitative estimate of drug-likeness (QED) is 0.853. The van der Waals surface area contributed by atoms with Crippen LogP contribution in [0.3, 0.4) is 0 Å². The number of thiazole rings is 1. The molecule has 3 nitrogen and oxygen atoms in total. The maximum atomic E-state index is 5.57. The Kier molecular flexibility index (Phi) is 4.53. The molecule has 2 rings (SSSR count). The van der Waals surface area contributed by atoms with E-state index in [1.807, 2.05) is 30.6 Å². The molecular weight excluding hydrogens is 232 g/mol. The van der Waals surface area contributed by atoms with Gasteiger partial charge < -0.3 is 10.1 Å². The molecule has 0 spiro atoms. The zero-order valence-electron chi connectivity index (χ0n) is 9.85. The van der Waals surface area contributed by atoms with Crippen LogP contribution in [0, 0.1) is 0 Å². The van der Waals surface area contributed by atoms with E-state index in [1.54, 1.807) is 11.3 Å². The van der Waals surface area contributed by atoms with Crippen LogP contribution < -0.4 is 10.1 Å². The molecule has 2 aromatic rings. The predicted molar refractivity (Wildman–Crippen MR) is 70.3 cm³/mol.